The molecule has 0 N–H and O–H groups in total. The van der Waals surface area contributed by atoms with E-state index in [9.17, 15) is 0 Å². The lowest BCUT2D eigenvalue weighted by Gasteiger charge is -2.02. The molecule has 1 aromatic rings. The van der Waals surface area contributed by atoms with Crippen LogP contribution in [0.4, 0.5) is 0 Å². The second kappa shape index (κ2) is 3.11. The van der Waals surface area contributed by atoms with E-state index in [0.717, 1.165) is 12.3 Å². The van der Waals surface area contributed by atoms with Gasteiger partial charge < -0.3 is 0 Å². The second-order valence-electron chi connectivity index (χ2n) is 2.98. The van der Waals surface area contributed by atoms with Crippen LogP contribution in [0.25, 0.3) is 0 Å². The Morgan fingerprint density at radius 1 is 1.73 bits per heavy atom. The van der Waals surface area contributed by atoms with Crippen LogP contribution in [-0.4, -0.2) is 10.4 Å². The van der Waals surface area contributed by atoms with E-state index in [0.29, 0.717) is 5.38 Å². The van der Waals surface area contributed by atoms with E-state index in [1.807, 2.05) is 11.6 Å². The van der Waals surface area contributed by atoms with E-state index >= 15 is 0 Å². The second-order valence-corrected chi connectivity index (χ2v) is 4.52. The highest BCUT2D eigenvalue weighted by Gasteiger charge is 2.29. The summed E-state index contributed by atoms with van der Waals surface area (Å²) in [7, 11) is 0. The van der Waals surface area contributed by atoms with Crippen molar-refractivity contribution in [3.05, 3.63) is 16.6 Å². The molecule has 1 atom stereocenters. The van der Waals surface area contributed by atoms with Crippen LogP contribution in [-0.2, 0) is 6.42 Å². The summed E-state index contributed by atoms with van der Waals surface area (Å²) in [5, 5.41) is 3.52. The molecule has 0 saturated heterocycles. The van der Waals surface area contributed by atoms with Crippen molar-refractivity contribution < 1.29 is 0 Å². The fourth-order valence-corrected chi connectivity index (χ4v) is 2.31. The summed E-state index contributed by atoms with van der Waals surface area (Å²) in [4.78, 5) is 4.20. The van der Waals surface area contributed by atoms with Crippen molar-refractivity contribution in [1.82, 2.24) is 4.98 Å². The van der Waals surface area contributed by atoms with E-state index in [1.54, 1.807) is 11.3 Å². The Morgan fingerprint density at radius 2 is 2.55 bits per heavy atom. The number of alkyl halides is 1. The smallest absolute Gasteiger partial charge is 0.0939 e. The van der Waals surface area contributed by atoms with E-state index in [4.69, 9.17) is 11.6 Å². The minimum Gasteiger partial charge on any atom is -0.250 e. The van der Waals surface area contributed by atoms with Gasteiger partial charge in [0.25, 0.3) is 0 Å². The van der Waals surface area contributed by atoms with Crippen LogP contribution in [0.2, 0.25) is 0 Å². The molecule has 1 aliphatic rings. The summed E-state index contributed by atoms with van der Waals surface area (Å²) < 4.78 is 0. The molecular weight excluding hydrogens is 178 g/mol. The van der Waals surface area contributed by atoms with Crippen molar-refractivity contribution in [2.24, 2.45) is 5.92 Å². The van der Waals surface area contributed by atoms with E-state index in [1.165, 1.54) is 17.8 Å². The summed E-state index contributed by atoms with van der Waals surface area (Å²) in [6.07, 6.45) is 5.44. The fourth-order valence-electron chi connectivity index (χ4n) is 1.15. The molecule has 0 aliphatic heterocycles. The lowest BCUT2D eigenvalue weighted by molar-refractivity contribution is 0.734. The van der Waals surface area contributed by atoms with Gasteiger partial charge >= 0.3 is 0 Å². The van der Waals surface area contributed by atoms with Crippen molar-refractivity contribution in [3.63, 3.8) is 0 Å². The van der Waals surface area contributed by atoms with Gasteiger partial charge in [-0.25, -0.2) is 4.98 Å². The van der Waals surface area contributed by atoms with Gasteiger partial charge in [-0.05, 0) is 18.8 Å². The van der Waals surface area contributed by atoms with Gasteiger partial charge in [-0.1, -0.05) is 0 Å². The molecular formula is C8H10ClNS. The predicted octanol–water partition coefficient (Wildman–Crippen LogP) is 2.70. The molecule has 60 valence electrons. The molecule has 1 unspecified atom stereocenters. The quantitative estimate of drug-likeness (QED) is 0.664. The Labute approximate surface area is 75.4 Å². The average Bonchev–Trinajstić information content (AvgIpc) is 2.73. The molecule has 0 bridgehead atoms. The average molecular weight is 188 g/mol. The van der Waals surface area contributed by atoms with Gasteiger partial charge in [-0.15, -0.1) is 22.9 Å². The van der Waals surface area contributed by atoms with Crippen LogP contribution in [0.15, 0.2) is 11.6 Å². The van der Waals surface area contributed by atoms with Gasteiger partial charge in [0.05, 0.1) is 5.01 Å². The van der Waals surface area contributed by atoms with Crippen LogP contribution in [0.1, 0.15) is 17.8 Å². The Balaban J connectivity index is 1.89. The first-order valence-corrected chi connectivity index (χ1v) is 5.20. The largest absolute Gasteiger partial charge is 0.250 e. The standard InChI is InChI=1S/C8H10ClNS/c9-7(6-1-2-6)5-8-10-3-4-11-8/h3-4,6-7H,1-2,5H2. The van der Waals surface area contributed by atoms with Crippen molar-refractivity contribution in [3.8, 4) is 0 Å². The monoisotopic (exact) mass is 187 g/mol. The van der Waals surface area contributed by atoms with Crippen molar-refractivity contribution >= 4 is 22.9 Å². The van der Waals surface area contributed by atoms with E-state index < -0.39 is 0 Å². The Morgan fingerprint density at radius 3 is 3.09 bits per heavy atom. The van der Waals surface area contributed by atoms with Gasteiger partial charge in [-0.3, -0.25) is 0 Å². The molecule has 11 heavy (non-hydrogen) atoms. The zero-order chi connectivity index (χ0) is 7.68. The molecule has 0 radical (unpaired) electrons. The van der Waals surface area contributed by atoms with Crippen LogP contribution < -0.4 is 0 Å². The van der Waals surface area contributed by atoms with Crippen molar-refractivity contribution in [2.75, 3.05) is 0 Å². The molecule has 0 spiro atoms. The Bertz CT molecular complexity index is 218. The highest BCUT2D eigenvalue weighted by Crippen LogP contribution is 2.37. The minimum absolute atomic E-state index is 0.334. The zero-order valence-electron chi connectivity index (χ0n) is 6.16. The number of hydrogen-bond donors (Lipinski definition) is 0. The van der Waals surface area contributed by atoms with E-state index in [-0.39, 0.29) is 0 Å². The minimum atomic E-state index is 0.334. The van der Waals surface area contributed by atoms with Gasteiger partial charge in [0.1, 0.15) is 0 Å². The Hall–Kier alpha value is -0.0800. The molecule has 1 heterocycles. The Kier molecular flexibility index (Phi) is 2.14. The molecule has 2 rings (SSSR count). The summed E-state index contributed by atoms with van der Waals surface area (Å²) in [5.41, 5.74) is 0. The molecule has 1 fully saturated rings. The number of thiazole rings is 1. The topological polar surface area (TPSA) is 12.9 Å². The third kappa shape index (κ3) is 1.94. The lowest BCUT2D eigenvalue weighted by atomic mass is 10.2. The van der Waals surface area contributed by atoms with Gasteiger partial charge in [0.2, 0.25) is 0 Å². The normalized spacial score (nSPS) is 20.1. The van der Waals surface area contributed by atoms with Crippen molar-refractivity contribution in [2.45, 2.75) is 24.6 Å². The predicted molar refractivity (Wildman–Crippen MR) is 48.2 cm³/mol. The van der Waals surface area contributed by atoms with Crippen LogP contribution in [0, 0.1) is 5.92 Å². The maximum absolute atomic E-state index is 6.14. The molecule has 1 aliphatic carbocycles. The highest BCUT2D eigenvalue weighted by molar-refractivity contribution is 7.09. The number of halogens is 1. The van der Waals surface area contributed by atoms with Crippen LogP contribution in [0.5, 0.6) is 0 Å². The van der Waals surface area contributed by atoms with Gasteiger partial charge in [0, 0.05) is 23.4 Å². The fraction of sp³-hybridized carbons (Fsp3) is 0.625. The lowest BCUT2D eigenvalue weighted by Crippen LogP contribution is -2.04. The summed E-state index contributed by atoms with van der Waals surface area (Å²) >= 11 is 7.84. The molecule has 0 amide bonds. The first-order chi connectivity index (χ1) is 5.36. The van der Waals surface area contributed by atoms with Crippen LogP contribution in [0.3, 0.4) is 0 Å². The summed E-state index contributed by atoms with van der Waals surface area (Å²) in [6, 6.07) is 0. The highest BCUT2D eigenvalue weighted by atomic mass is 35.5. The van der Waals surface area contributed by atoms with E-state index in [2.05, 4.69) is 4.98 Å². The first kappa shape index (κ1) is 7.56. The zero-order valence-corrected chi connectivity index (χ0v) is 7.74. The number of rotatable bonds is 3. The van der Waals surface area contributed by atoms with Crippen LogP contribution >= 0.6 is 22.9 Å². The summed E-state index contributed by atoms with van der Waals surface area (Å²) in [6.45, 7) is 0. The SMILES string of the molecule is ClC(Cc1nccs1)C1CC1. The maximum atomic E-state index is 6.14. The van der Waals surface area contributed by atoms with Crippen molar-refractivity contribution in [1.29, 1.82) is 0 Å². The van der Waals surface area contributed by atoms with Gasteiger partial charge in [0.15, 0.2) is 0 Å². The third-order valence-corrected chi connectivity index (χ3v) is 3.30. The number of aromatic nitrogens is 1. The molecule has 1 aromatic heterocycles. The summed E-state index contributed by atoms with van der Waals surface area (Å²) in [5.74, 6) is 0.778. The number of nitrogens with zero attached hydrogens (tertiary/aromatic N) is 1. The van der Waals surface area contributed by atoms with Gasteiger partial charge in [-0.2, -0.15) is 0 Å². The molecule has 1 nitrogen and oxygen atoms in total. The third-order valence-electron chi connectivity index (χ3n) is 1.99. The maximum Gasteiger partial charge on any atom is 0.0939 e. The molecule has 3 heteroatoms. The first-order valence-electron chi connectivity index (χ1n) is 3.88. The molecule has 0 aromatic carbocycles. The number of hydrogen-bond acceptors (Lipinski definition) is 2. The molecule has 1 saturated carbocycles.